The number of hydrogen-bond acceptors (Lipinski definition) is 3. The molecule has 0 saturated carbocycles. The number of hydrogen-bond donors (Lipinski definition) is 1. The summed E-state index contributed by atoms with van der Waals surface area (Å²) in [5.41, 5.74) is -0.698. The third-order valence-electron chi connectivity index (χ3n) is 3.40. The van der Waals surface area contributed by atoms with Gasteiger partial charge in [-0.25, -0.2) is 0 Å². The average molecular weight is 289 g/mol. The summed E-state index contributed by atoms with van der Waals surface area (Å²) in [6.45, 7) is 2.06. The molecule has 1 N–H and O–H groups in total. The SMILES string of the molecule is COC[C@H](Oc1cccc(C(F)(F)F)c1)[C@H]1CCNC1. The Kier molecular flexibility index (Phi) is 4.88. The number of benzene rings is 1. The monoisotopic (exact) mass is 289 g/mol. The summed E-state index contributed by atoms with van der Waals surface area (Å²) in [6.07, 6.45) is -3.66. The van der Waals surface area contributed by atoms with Crippen LogP contribution in [-0.4, -0.2) is 32.9 Å². The van der Waals surface area contributed by atoms with Crippen LogP contribution in [0.3, 0.4) is 0 Å². The summed E-state index contributed by atoms with van der Waals surface area (Å²) in [4.78, 5) is 0. The molecule has 1 aliphatic heterocycles. The second-order valence-corrected chi connectivity index (χ2v) is 4.89. The minimum atomic E-state index is -4.36. The van der Waals surface area contributed by atoms with Crippen molar-refractivity contribution < 1.29 is 22.6 Å². The maximum absolute atomic E-state index is 12.7. The van der Waals surface area contributed by atoms with E-state index in [-0.39, 0.29) is 17.8 Å². The zero-order valence-corrected chi connectivity index (χ0v) is 11.2. The number of halogens is 3. The molecule has 0 bridgehead atoms. The molecule has 1 aromatic carbocycles. The summed E-state index contributed by atoms with van der Waals surface area (Å²) < 4.78 is 48.8. The van der Waals surface area contributed by atoms with E-state index in [0.29, 0.717) is 6.61 Å². The standard InChI is InChI=1S/C14H18F3NO2/c1-19-9-13(10-5-6-18-8-10)20-12-4-2-3-11(7-12)14(15,16)17/h2-4,7,10,13,18H,5-6,8-9H2,1H3/t10-,13-/m0/s1. The van der Waals surface area contributed by atoms with E-state index in [1.54, 1.807) is 13.2 Å². The van der Waals surface area contributed by atoms with E-state index in [0.717, 1.165) is 31.6 Å². The van der Waals surface area contributed by atoms with Crippen LogP contribution in [0.4, 0.5) is 13.2 Å². The number of methoxy groups -OCH3 is 1. The molecule has 0 unspecified atom stereocenters. The fraction of sp³-hybridized carbons (Fsp3) is 0.571. The fourth-order valence-corrected chi connectivity index (χ4v) is 2.35. The van der Waals surface area contributed by atoms with Gasteiger partial charge in [-0.05, 0) is 31.2 Å². The Bertz CT molecular complexity index is 431. The van der Waals surface area contributed by atoms with Crippen molar-refractivity contribution in [3.8, 4) is 5.75 Å². The van der Waals surface area contributed by atoms with Crippen molar-refractivity contribution in [1.29, 1.82) is 0 Å². The molecule has 1 aromatic rings. The van der Waals surface area contributed by atoms with Gasteiger partial charge in [0.15, 0.2) is 0 Å². The van der Waals surface area contributed by atoms with Gasteiger partial charge in [0, 0.05) is 19.6 Å². The van der Waals surface area contributed by atoms with Crippen molar-refractivity contribution in [3.63, 3.8) is 0 Å². The molecule has 1 aliphatic rings. The fourth-order valence-electron chi connectivity index (χ4n) is 2.35. The predicted octanol–water partition coefficient (Wildman–Crippen LogP) is 2.71. The highest BCUT2D eigenvalue weighted by Crippen LogP contribution is 2.32. The first-order valence-electron chi connectivity index (χ1n) is 6.54. The van der Waals surface area contributed by atoms with Crippen molar-refractivity contribution in [2.24, 2.45) is 5.92 Å². The average Bonchev–Trinajstić information content (AvgIpc) is 2.91. The Morgan fingerprint density at radius 1 is 1.40 bits per heavy atom. The molecule has 0 aromatic heterocycles. The van der Waals surface area contributed by atoms with Gasteiger partial charge in [-0.3, -0.25) is 0 Å². The summed E-state index contributed by atoms with van der Waals surface area (Å²) in [6, 6.07) is 4.97. The molecule has 112 valence electrons. The molecular weight excluding hydrogens is 271 g/mol. The van der Waals surface area contributed by atoms with Gasteiger partial charge in [-0.15, -0.1) is 0 Å². The summed E-state index contributed by atoms with van der Waals surface area (Å²) in [5.74, 6) is 0.485. The number of rotatable bonds is 5. The van der Waals surface area contributed by atoms with Crippen LogP contribution < -0.4 is 10.1 Å². The third kappa shape index (κ3) is 3.86. The Labute approximate surface area is 116 Å². The highest BCUT2D eigenvalue weighted by molar-refractivity contribution is 5.30. The molecule has 3 nitrogen and oxygen atoms in total. The van der Waals surface area contributed by atoms with Gasteiger partial charge >= 0.3 is 6.18 Å². The molecular formula is C14H18F3NO2. The number of ether oxygens (including phenoxy) is 2. The van der Waals surface area contributed by atoms with Crippen LogP contribution in [0.1, 0.15) is 12.0 Å². The second-order valence-electron chi connectivity index (χ2n) is 4.89. The van der Waals surface area contributed by atoms with Gasteiger partial charge in [0.2, 0.25) is 0 Å². The molecule has 1 saturated heterocycles. The largest absolute Gasteiger partial charge is 0.488 e. The maximum Gasteiger partial charge on any atom is 0.416 e. The van der Waals surface area contributed by atoms with Crippen LogP contribution >= 0.6 is 0 Å². The van der Waals surface area contributed by atoms with Crippen LogP contribution in [0.5, 0.6) is 5.75 Å². The zero-order valence-electron chi connectivity index (χ0n) is 11.2. The Morgan fingerprint density at radius 3 is 2.80 bits per heavy atom. The minimum Gasteiger partial charge on any atom is -0.488 e. The van der Waals surface area contributed by atoms with Gasteiger partial charge in [-0.1, -0.05) is 6.07 Å². The number of alkyl halides is 3. The smallest absolute Gasteiger partial charge is 0.416 e. The van der Waals surface area contributed by atoms with Crippen molar-refractivity contribution >= 4 is 0 Å². The van der Waals surface area contributed by atoms with Crippen molar-refractivity contribution in [3.05, 3.63) is 29.8 Å². The van der Waals surface area contributed by atoms with Gasteiger partial charge in [0.1, 0.15) is 11.9 Å². The lowest BCUT2D eigenvalue weighted by Crippen LogP contribution is -2.33. The van der Waals surface area contributed by atoms with Crippen LogP contribution in [0.25, 0.3) is 0 Å². The highest BCUT2D eigenvalue weighted by Gasteiger charge is 2.31. The zero-order chi connectivity index (χ0) is 14.6. The molecule has 0 aliphatic carbocycles. The van der Waals surface area contributed by atoms with Crippen molar-refractivity contribution in [1.82, 2.24) is 5.32 Å². The summed E-state index contributed by atoms with van der Waals surface area (Å²) >= 11 is 0. The van der Waals surface area contributed by atoms with Crippen LogP contribution in [0.2, 0.25) is 0 Å². The molecule has 0 amide bonds. The molecule has 6 heteroatoms. The molecule has 1 heterocycles. The van der Waals surface area contributed by atoms with E-state index >= 15 is 0 Å². The molecule has 2 rings (SSSR count). The predicted molar refractivity (Wildman–Crippen MR) is 68.7 cm³/mol. The Hall–Kier alpha value is -1.27. The van der Waals surface area contributed by atoms with Gasteiger partial charge < -0.3 is 14.8 Å². The molecule has 0 radical (unpaired) electrons. The van der Waals surface area contributed by atoms with Gasteiger partial charge in [0.25, 0.3) is 0 Å². The quantitative estimate of drug-likeness (QED) is 0.904. The van der Waals surface area contributed by atoms with E-state index in [1.165, 1.54) is 6.07 Å². The van der Waals surface area contributed by atoms with E-state index in [1.807, 2.05) is 0 Å². The maximum atomic E-state index is 12.7. The minimum absolute atomic E-state index is 0.230. The lowest BCUT2D eigenvalue weighted by molar-refractivity contribution is -0.137. The Morgan fingerprint density at radius 2 is 2.20 bits per heavy atom. The van der Waals surface area contributed by atoms with E-state index in [9.17, 15) is 13.2 Å². The lowest BCUT2D eigenvalue weighted by Gasteiger charge is -2.24. The molecule has 2 atom stereocenters. The first kappa shape index (κ1) is 15.1. The molecule has 0 spiro atoms. The number of nitrogens with one attached hydrogen (secondary N) is 1. The summed E-state index contributed by atoms with van der Waals surface area (Å²) in [5, 5.41) is 3.22. The lowest BCUT2D eigenvalue weighted by atomic mass is 10.0. The summed E-state index contributed by atoms with van der Waals surface area (Å²) in [7, 11) is 1.56. The van der Waals surface area contributed by atoms with E-state index < -0.39 is 11.7 Å². The second kappa shape index (κ2) is 6.45. The molecule has 1 fully saturated rings. The topological polar surface area (TPSA) is 30.5 Å². The first-order valence-corrected chi connectivity index (χ1v) is 6.54. The molecule has 20 heavy (non-hydrogen) atoms. The third-order valence-corrected chi connectivity index (χ3v) is 3.40. The van der Waals surface area contributed by atoms with E-state index in [4.69, 9.17) is 9.47 Å². The van der Waals surface area contributed by atoms with Crippen molar-refractivity contribution in [2.75, 3.05) is 26.8 Å². The normalized spacial score (nSPS) is 20.9. The van der Waals surface area contributed by atoms with E-state index in [2.05, 4.69) is 5.32 Å². The highest BCUT2D eigenvalue weighted by atomic mass is 19.4. The first-order chi connectivity index (χ1) is 9.50. The van der Waals surface area contributed by atoms with Crippen LogP contribution in [-0.2, 0) is 10.9 Å². The van der Waals surface area contributed by atoms with Gasteiger partial charge in [-0.2, -0.15) is 13.2 Å². The van der Waals surface area contributed by atoms with Gasteiger partial charge in [0.05, 0.1) is 12.2 Å². The van der Waals surface area contributed by atoms with Crippen LogP contribution in [0.15, 0.2) is 24.3 Å². The Balaban J connectivity index is 2.09. The van der Waals surface area contributed by atoms with Crippen molar-refractivity contribution in [2.45, 2.75) is 18.7 Å². The van der Waals surface area contributed by atoms with Crippen LogP contribution in [0, 0.1) is 5.92 Å².